The lowest BCUT2D eigenvalue weighted by molar-refractivity contribution is -0.385. The van der Waals surface area contributed by atoms with Crippen LogP contribution in [0.5, 0.6) is 0 Å². The van der Waals surface area contributed by atoms with Gasteiger partial charge in [0.25, 0.3) is 11.4 Å². The molecule has 9 heteroatoms. The predicted octanol–water partition coefficient (Wildman–Crippen LogP) is 7.49. The Bertz CT molecular complexity index is 1470. The summed E-state index contributed by atoms with van der Waals surface area (Å²) in [6.45, 7) is 2.07. The van der Waals surface area contributed by atoms with Gasteiger partial charge in [-0.2, -0.15) is 0 Å². The smallest absolute Gasteiger partial charge is 0.269 e. The number of non-ortho nitro benzene ring substituents is 2. The number of benzene rings is 2. The molecule has 2 aromatic heterocycles. The van der Waals surface area contributed by atoms with E-state index in [1.165, 1.54) is 24.3 Å². The van der Waals surface area contributed by atoms with E-state index in [2.05, 4.69) is 6.92 Å². The molecule has 1 saturated carbocycles. The highest BCUT2D eigenvalue weighted by Crippen LogP contribution is 2.34. The fraction of sp³-hybridized carbons (Fsp3) is 0.138. The number of furan rings is 2. The zero-order chi connectivity index (χ0) is 26.8. The molecule has 9 nitrogen and oxygen atoms in total. The van der Waals surface area contributed by atoms with Crippen LogP contribution in [0.15, 0.2) is 92.8 Å². The third kappa shape index (κ3) is 5.22. The molecule has 2 heterocycles. The van der Waals surface area contributed by atoms with Gasteiger partial charge in [0, 0.05) is 46.5 Å². The molecule has 0 radical (unpaired) electrons. The number of hydrogen-bond donors (Lipinski definition) is 0. The van der Waals surface area contributed by atoms with Crippen LogP contribution >= 0.6 is 0 Å². The Balaban J connectivity index is 1.35. The molecule has 1 aliphatic carbocycles. The number of ketones is 1. The van der Waals surface area contributed by atoms with Crippen molar-refractivity contribution < 1.29 is 23.5 Å². The summed E-state index contributed by atoms with van der Waals surface area (Å²) in [6.07, 6.45) is 4.70. The zero-order valence-corrected chi connectivity index (χ0v) is 20.3. The molecule has 0 saturated heterocycles. The van der Waals surface area contributed by atoms with Gasteiger partial charge in [-0.15, -0.1) is 0 Å². The first kappa shape index (κ1) is 24.6. The summed E-state index contributed by atoms with van der Waals surface area (Å²) in [5.74, 6) is 2.30. The monoisotopic (exact) mass is 510 g/mol. The van der Waals surface area contributed by atoms with E-state index >= 15 is 0 Å². The van der Waals surface area contributed by atoms with Crippen LogP contribution in [0.25, 0.3) is 34.8 Å². The van der Waals surface area contributed by atoms with Crippen molar-refractivity contribution in [3.63, 3.8) is 0 Å². The van der Waals surface area contributed by atoms with Gasteiger partial charge < -0.3 is 8.83 Å². The molecule has 0 amide bonds. The van der Waals surface area contributed by atoms with Gasteiger partial charge in [-0.3, -0.25) is 25.0 Å². The third-order valence-electron chi connectivity index (χ3n) is 6.33. The lowest BCUT2D eigenvalue weighted by Crippen LogP contribution is -2.18. The molecule has 2 aromatic carbocycles. The van der Waals surface area contributed by atoms with E-state index in [1.54, 1.807) is 60.7 Å². The summed E-state index contributed by atoms with van der Waals surface area (Å²) in [7, 11) is 0. The molecule has 1 fully saturated rings. The minimum Gasteiger partial charge on any atom is -0.457 e. The van der Waals surface area contributed by atoms with Crippen LogP contribution in [-0.4, -0.2) is 15.6 Å². The van der Waals surface area contributed by atoms with E-state index in [0.717, 1.165) is 0 Å². The summed E-state index contributed by atoms with van der Waals surface area (Å²) in [5.41, 5.74) is 2.65. The maximum atomic E-state index is 13.3. The Labute approximate surface area is 217 Å². The molecule has 190 valence electrons. The number of nitro groups is 2. The molecular formula is C29H22N2O7. The lowest BCUT2D eigenvalue weighted by Gasteiger charge is -2.22. The van der Waals surface area contributed by atoms with Crippen molar-refractivity contribution in [2.75, 3.05) is 0 Å². The fourth-order valence-corrected chi connectivity index (χ4v) is 4.47. The van der Waals surface area contributed by atoms with E-state index in [1.807, 2.05) is 0 Å². The van der Waals surface area contributed by atoms with Gasteiger partial charge in [0.2, 0.25) is 0 Å². The first-order valence-corrected chi connectivity index (χ1v) is 11.9. The summed E-state index contributed by atoms with van der Waals surface area (Å²) in [4.78, 5) is 34.1. The summed E-state index contributed by atoms with van der Waals surface area (Å²) < 4.78 is 11.8. The number of nitrogens with zero attached hydrogens (tertiary/aromatic N) is 2. The molecule has 1 aliphatic rings. The zero-order valence-electron chi connectivity index (χ0n) is 20.3. The van der Waals surface area contributed by atoms with Crippen LogP contribution in [0, 0.1) is 26.1 Å². The second-order valence-electron chi connectivity index (χ2n) is 9.19. The molecular weight excluding hydrogens is 488 g/mol. The number of Topliss-reactive ketones (excluding diaryl/α,β-unsaturated/α-hetero) is 1. The number of allylic oxidation sites excluding steroid dienone is 2. The molecule has 4 aromatic rings. The topological polar surface area (TPSA) is 130 Å². The van der Waals surface area contributed by atoms with Gasteiger partial charge in [0.1, 0.15) is 23.0 Å². The standard InChI is InChI=1S/C29H22N2O7/c1-18-14-21(16-25-10-12-27(37-25)19-2-6-23(7-3-19)30(33)34)29(32)22(15-18)17-26-11-13-28(38-26)20-4-8-24(9-5-20)31(35)36/h2-13,16-18H,14-15H2,1H3/b21-16-,22-17+. The highest BCUT2D eigenvalue weighted by Gasteiger charge is 2.26. The minimum absolute atomic E-state index is 0.000162. The minimum atomic E-state index is -0.456. The van der Waals surface area contributed by atoms with Crippen molar-refractivity contribution in [3.05, 3.63) is 116 Å². The number of carbonyl (C=O) groups is 1. The summed E-state index contributed by atoms with van der Waals surface area (Å²) in [6, 6.07) is 19.2. The van der Waals surface area contributed by atoms with Gasteiger partial charge in [0.15, 0.2) is 5.78 Å². The summed E-state index contributed by atoms with van der Waals surface area (Å²) >= 11 is 0. The number of hydrogen-bond acceptors (Lipinski definition) is 7. The van der Waals surface area contributed by atoms with E-state index in [4.69, 9.17) is 8.83 Å². The Kier molecular flexibility index (Phi) is 6.57. The lowest BCUT2D eigenvalue weighted by atomic mass is 9.81. The second kappa shape index (κ2) is 10.1. The number of nitro benzene ring substituents is 2. The van der Waals surface area contributed by atoms with Gasteiger partial charge >= 0.3 is 0 Å². The summed E-state index contributed by atoms with van der Waals surface area (Å²) in [5, 5.41) is 21.8. The first-order valence-electron chi connectivity index (χ1n) is 11.9. The van der Waals surface area contributed by atoms with Crippen molar-refractivity contribution in [2.24, 2.45) is 5.92 Å². The van der Waals surface area contributed by atoms with Crippen molar-refractivity contribution in [3.8, 4) is 22.6 Å². The number of rotatable bonds is 6. The molecule has 1 atom stereocenters. The average Bonchev–Trinajstić information content (AvgIpc) is 3.57. The van der Waals surface area contributed by atoms with Crippen molar-refractivity contribution in [1.82, 2.24) is 0 Å². The van der Waals surface area contributed by atoms with Crippen LogP contribution in [0.2, 0.25) is 0 Å². The van der Waals surface area contributed by atoms with Gasteiger partial charge in [-0.05, 0) is 79.4 Å². The van der Waals surface area contributed by atoms with Crippen LogP contribution in [0.4, 0.5) is 11.4 Å². The molecule has 5 rings (SSSR count). The molecule has 38 heavy (non-hydrogen) atoms. The predicted molar refractivity (Wildman–Crippen MR) is 141 cm³/mol. The number of carbonyl (C=O) groups excluding carboxylic acids is 1. The third-order valence-corrected chi connectivity index (χ3v) is 6.33. The average molecular weight is 511 g/mol. The van der Waals surface area contributed by atoms with E-state index in [0.29, 0.717) is 58.2 Å². The van der Waals surface area contributed by atoms with Crippen molar-refractivity contribution in [1.29, 1.82) is 0 Å². The maximum absolute atomic E-state index is 13.3. The van der Waals surface area contributed by atoms with Gasteiger partial charge in [0.05, 0.1) is 9.85 Å². The van der Waals surface area contributed by atoms with Crippen LogP contribution < -0.4 is 0 Å². The Morgan fingerprint density at radius 3 is 1.45 bits per heavy atom. The van der Waals surface area contributed by atoms with E-state index < -0.39 is 9.85 Å². The largest absolute Gasteiger partial charge is 0.457 e. The first-order chi connectivity index (χ1) is 18.3. The van der Waals surface area contributed by atoms with Crippen LogP contribution in [-0.2, 0) is 4.79 Å². The van der Waals surface area contributed by atoms with Crippen LogP contribution in [0.3, 0.4) is 0 Å². The maximum Gasteiger partial charge on any atom is 0.269 e. The Hall–Kier alpha value is -5.05. The highest BCUT2D eigenvalue weighted by atomic mass is 16.6. The van der Waals surface area contributed by atoms with Gasteiger partial charge in [-0.1, -0.05) is 6.92 Å². The molecule has 0 bridgehead atoms. The molecule has 0 aliphatic heterocycles. The van der Waals surface area contributed by atoms with E-state index in [-0.39, 0.29) is 23.1 Å². The quantitative estimate of drug-likeness (QED) is 0.149. The second-order valence-corrected chi connectivity index (χ2v) is 9.19. The Morgan fingerprint density at radius 1 is 0.684 bits per heavy atom. The molecule has 0 spiro atoms. The highest BCUT2D eigenvalue weighted by molar-refractivity contribution is 6.13. The van der Waals surface area contributed by atoms with Crippen molar-refractivity contribution in [2.45, 2.75) is 19.8 Å². The SMILES string of the molecule is CC1C/C(=C/c2ccc(-c3ccc([N+](=O)[O-])cc3)o2)C(=O)/C(=C/c2ccc(-c3ccc([N+](=O)[O-])cc3)o2)C1. The van der Waals surface area contributed by atoms with E-state index in [9.17, 15) is 25.0 Å². The normalized spacial score (nSPS) is 17.7. The van der Waals surface area contributed by atoms with Gasteiger partial charge in [-0.25, -0.2) is 0 Å². The Morgan fingerprint density at radius 2 is 1.08 bits per heavy atom. The molecule has 0 N–H and O–H groups in total. The molecule has 1 unspecified atom stereocenters. The van der Waals surface area contributed by atoms with Crippen molar-refractivity contribution >= 4 is 29.3 Å². The van der Waals surface area contributed by atoms with Crippen LogP contribution in [0.1, 0.15) is 31.3 Å². The fourth-order valence-electron chi connectivity index (χ4n) is 4.47.